The van der Waals surface area contributed by atoms with Crippen LogP contribution in [0, 0.1) is 0 Å². The average Bonchev–Trinajstić information content (AvgIpc) is 2.49. The number of nitrogens with zero attached hydrogens (tertiary/aromatic N) is 1. The van der Waals surface area contributed by atoms with Crippen molar-refractivity contribution in [3.8, 4) is 0 Å². The molecule has 0 aliphatic rings. The Kier molecular flexibility index (Phi) is 11.5. The standard InChI is InChI=1S/C15H24N4O2.HI/c1-3-17-15(18-9-4-10-21-2)19-11-12-5-7-13(8-6-12)14(16)20;/h5-8H,3-4,9-11H2,1-2H3,(H2,16,20)(H2,17,18,19);1H. The summed E-state index contributed by atoms with van der Waals surface area (Å²) >= 11 is 0. The molecule has 7 heteroatoms. The number of nitrogens with two attached hydrogens (primary N) is 1. The molecule has 0 bridgehead atoms. The molecule has 1 rings (SSSR count). The van der Waals surface area contributed by atoms with Crippen LogP contribution in [0.5, 0.6) is 0 Å². The van der Waals surface area contributed by atoms with Crippen molar-refractivity contribution in [2.75, 3.05) is 26.8 Å². The van der Waals surface area contributed by atoms with Gasteiger partial charge in [0.15, 0.2) is 5.96 Å². The van der Waals surface area contributed by atoms with Gasteiger partial charge in [0.2, 0.25) is 5.91 Å². The second-order valence-corrected chi connectivity index (χ2v) is 4.53. The molecule has 1 amide bonds. The molecule has 1 aromatic carbocycles. The molecule has 124 valence electrons. The van der Waals surface area contributed by atoms with Gasteiger partial charge in [-0.25, -0.2) is 4.99 Å². The molecule has 0 atom stereocenters. The molecule has 0 saturated carbocycles. The normalized spacial score (nSPS) is 10.7. The smallest absolute Gasteiger partial charge is 0.248 e. The molecule has 6 nitrogen and oxygen atoms in total. The molecule has 4 N–H and O–H groups in total. The summed E-state index contributed by atoms with van der Waals surface area (Å²) in [6.45, 7) is 4.89. The zero-order chi connectivity index (χ0) is 15.5. The first kappa shape index (κ1) is 20.6. The third-order valence-corrected chi connectivity index (χ3v) is 2.82. The Hall–Kier alpha value is -1.35. The maximum atomic E-state index is 11.0. The lowest BCUT2D eigenvalue weighted by Crippen LogP contribution is -2.38. The van der Waals surface area contributed by atoms with Crippen LogP contribution in [-0.2, 0) is 11.3 Å². The third kappa shape index (κ3) is 8.18. The fourth-order valence-electron chi connectivity index (χ4n) is 1.71. The van der Waals surface area contributed by atoms with Crippen molar-refractivity contribution >= 4 is 35.8 Å². The summed E-state index contributed by atoms with van der Waals surface area (Å²) in [5.41, 5.74) is 6.74. The zero-order valence-corrected chi connectivity index (χ0v) is 15.4. The lowest BCUT2D eigenvalue weighted by Gasteiger charge is -2.11. The van der Waals surface area contributed by atoms with E-state index in [0.717, 1.165) is 37.6 Å². The highest BCUT2D eigenvalue weighted by Crippen LogP contribution is 2.05. The zero-order valence-electron chi connectivity index (χ0n) is 13.1. The first-order valence-electron chi connectivity index (χ1n) is 7.07. The van der Waals surface area contributed by atoms with Gasteiger partial charge in [-0.15, -0.1) is 24.0 Å². The number of methoxy groups -OCH3 is 1. The molecule has 0 fully saturated rings. The molecule has 0 aromatic heterocycles. The average molecular weight is 420 g/mol. The second kappa shape index (κ2) is 12.2. The lowest BCUT2D eigenvalue weighted by molar-refractivity contribution is 0.100. The van der Waals surface area contributed by atoms with Crippen molar-refractivity contribution in [1.82, 2.24) is 10.6 Å². The van der Waals surface area contributed by atoms with Crippen molar-refractivity contribution in [1.29, 1.82) is 0 Å². The number of nitrogens with one attached hydrogen (secondary N) is 2. The highest BCUT2D eigenvalue weighted by atomic mass is 127. The van der Waals surface area contributed by atoms with E-state index < -0.39 is 5.91 Å². The SMILES string of the molecule is CCNC(=NCc1ccc(C(N)=O)cc1)NCCCOC.I. The van der Waals surface area contributed by atoms with E-state index in [1.807, 2.05) is 19.1 Å². The number of amides is 1. The fourth-order valence-corrected chi connectivity index (χ4v) is 1.71. The molecule has 0 aliphatic heterocycles. The Morgan fingerprint density at radius 2 is 1.95 bits per heavy atom. The molecular weight excluding hydrogens is 395 g/mol. The van der Waals surface area contributed by atoms with Gasteiger partial charge < -0.3 is 21.1 Å². The summed E-state index contributed by atoms with van der Waals surface area (Å²) in [5.74, 6) is 0.353. The van der Waals surface area contributed by atoms with Gasteiger partial charge in [0, 0.05) is 32.4 Å². The van der Waals surface area contributed by atoms with Crippen LogP contribution in [0.3, 0.4) is 0 Å². The Morgan fingerprint density at radius 3 is 2.50 bits per heavy atom. The van der Waals surface area contributed by atoms with Crippen LogP contribution in [0.15, 0.2) is 29.3 Å². The van der Waals surface area contributed by atoms with E-state index in [2.05, 4.69) is 15.6 Å². The van der Waals surface area contributed by atoms with Gasteiger partial charge in [-0.3, -0.25) is 4.79 Å². The van der Waals surface area contributed by atoms with Gasteiger partial charge in [0.25, 0.3) is 0 Å². The van der Waals surface area contributed by atoms with Gasteiger partial charge in [-0.2, -0.15) is 0 Å². The number of hydrogen-bond donors (Lipinski definition) is 3. The van der Waals surface area contributed by atoms with E-state index in [9.17, 15) is 4.79 Å². The summed E-state index contributed by atoms with van der Waals surface area (Å²) in [5, 5.41) is 6.42. The van der Waals surface area contributed by atoms with Crippen LogP contribution in [0.1, 0.15) is 29.3 Å². The molecule has 0 spiro atoms. The maximum Gasteiger partial charge on any atom is 0.248 e. The molecule has 0 saturated heterocycles. The summed E-state index contributed by atoms with van der Waals surface area (Å²) in [6, 6.07) is 7.15. The van der Waals surface area contributed by atoms with Gasteiger partial charge in [0.1, 0.15) is 0 Å². The molecule has 0 radical (unpaired) electrons. The minimum Gasteiger partial charge on any atom is -0.385 e. The predicted molar refractivity (Wildman–Crippen MR) is 99.7 cm³/mol. The maximum absolute atomic E-state index is 11.0. The number of carbonyl (C=O) groups is 1. The number of ether oxygens (including phenoxy) is 1. The Balaban J connectivity index is 0.00000441. The second-order valence-electron chi connectivity index (χ2n) is 4.53. The summed E-state index contributed by atoms with van der Waals surface area (Å²) in [6.07, 6.45) is 0.925. The highest BCUT2D eigenvalue weighted by Gasteiger charge is 2.00. The van der Waals surface area contributed by atoms with E-state index in [0.29, 0.717) is 12.1 Å². The van der Waals surface area contributed by atoms with Crippen molar-refractivity contribution in [3.05, 3.63) is 35.4 Å². The topological polar surface area (TPSA) is 88.7 Å². The number of aliphatic imine (C=N–C) groups is 1. The number of benzene rings is 1. The van der Waals surface area contributed by atoms with Crippen LogP contribution in [0.4, 0.5) is 0 Å². The van der Waals surface area contributed by atoms with Gasteiger partial charge in [0.05, 0.1) is 6.54 Å². The highest BCUT2D eigenvalue weighted by molar-refractivity contribution is 14.0. The Labute approximate surface area is 148 Å². The summed E-state index contributed by atoms with van der Waals surface area (Å²) in [7, 11) is 1.69. The minimum absolute atomic E-state index is 0. The van der Waals surface area contributed by atoms with Crippen LogP contribution in [0.25, 0.3) is 0 Å². The lowest BCUT2D eigenvalue weighted by atomic mass is 10.1. The molecule has 22 heavy (non-hydrogen) atoms. The first-order valence-corrected chi connectivity index (χ1v) is 7.07. The molecule has 1 aromatic rings. The van der Waals surface area contributed by atoms with Gasteiger partial charge in [-0.1, -0.05) is 12.1 Å². The van der Waals surface area contributed by atoms with Crippen molar-refractivity contribution in [3.63, 3.8) is 0 Å². The largest absolute Gasteiger partial charge is 0.385 e. The van der Waals surface area contributed by atoms with E-state index in [4.69, 9.17) is 10.5 Å². The van der Waals surface area contributed by atoms with Crippen LogP contribution < -0.4 is 16.4 Å². The summed E-state index contributed by atoms with van der Waals surface area (Å²) in [4.78, 5) is 15.5. The fraction of sp³-hybridized carbons (Fsp3) is 0.467. The minimum atomic E-state index is -0.418. The van der Waals surface area contributed by atoms with Crippen LogP contribution in [0.2, 0.25) is 0 Å². The van der Waals surface area contributed by atoms with Crippen LogP contribution >= 0.6 is 24.0 Å². The molecule has 0 unspecified atom stereocenters. The number of rotatable bonds is 8. The van der Waals surface area contributed by atoms with Gasteiger partial charge in [-0.05, 0) is 31.0 Å². The number of guanidine groups is 1. The molecular formula is C15H25IN4O2. The monoisotopic (exact) mass is 420 g/mol. The number of halogens is 1. The third-order valence-electron chi connectivity index (χ3n) is 2.82. The van der Waals surface area contributed by atoms with Crippen molar-refractivity contribution < 1.29 is 9.53 Å². The molecule has 0 aliphatic carbocycles. The number of primary amides is 1. The van der Waals surface area contributed by atoms with Crippen molar-refractivity contribution in [2.45, 2.75) is 19.9 Å². The van der Waals surface area contributed by atoms with Crippen LogP contribution in [-0.4, -0.2) is 38.7 Å². The van der Waals surface area contributed by atoms with Gasteiger partial charge >= 0.3 is 0 Å². The van der Waals surface area contributed by atoms with E-state index in [-0.39, 0.29) is 24.0 Å². The van der Waals surface area contributed by atoms with E-state index >= 15 is 0 Å². The van der Waals surface area contributed by atoms with Crippen molar-refractivity contribution in [2.24, 2.45) is 10.7 Å². The molecule has 0 heterocycles. The quantitative estimate of drug-likeness (QED) is 0.257. The number of carbonyl (C=O) groups excluding carboxylic acids is 1. The van der Waals surface area contributed by atoms with E-state index in [1.165, 1.54) is 0 Å². The van der Waals surface area contributed by atoms with E-state index in [1.54, 1.807) is 19.2 Å². The summed E-state index contributed by atoms with van der Waals surface area (Å²) < 4.78 is 5.01. The first-order chi connectivity index (χ1) is 10.2. The number of hydrogen-bond acceptors (Lipinski definition) is 3. The predicted octanol–water partition coefficient (Wildman–Crippen LogP) is 1.50. The Bertz CT molecular complexity index is 463. The Morgan fingerprint density at radius 1 is 1.27 bits per heavy atom.